The van der Waals surface area contributed by atoms with Gasteiger partial charge in [0.2, 0.25) is 5.78 Å². The van der Waals surface area contributed by atoms with E-state index >= 15 is 0 Å². The molecule has 2 aromatic rings. The number of carbonyl (C=O) groups excluding carboxylic acids is 1. The van der Waals surface area contributed by atoms with Gasteiger partial charge in [0, 0.05) is 7.05 Å². The van der Waals surface area contributed by atoms with Crippen LogP contribution in [-0.4, -0.2) is 15.6 Å². The summed E-state index contributed by atoms with van der Waals surface area (Å²) in [5, 5.41) is 4.69. The number of furan rings is 1. The molecule has 90 valence electrons. The molecule has 0 saturated heterocycles. The maximum Gasteiger partial charge on any atom is 0.204 e. The normalized spacial score (nSPS) is 10.8. The topological polar surface area (TPSA) is 48.0 Å². The number of halogens is 2. The van der Waals surface area contributed by atoms with E-state index in [0.29, 0.717) is 21.1 Å². The van der Waals surface area contributed by atoms with Crippen molar-refractivity contribution < 1.29 is 9.21 Å². The first kappa shape index (κ1) is 12.4. The number of rotatable bonds is 3. The summed E-state index contributed by atoms with van der Waals surface area (Å²) >= 11 is 9.23. The summed E-state index contributed by atoms with van der Waals surface area (Å²) in [6.07, 6.45) is 0.177. The van der Waals surface area contributed by atoms with Gasteiger partial charge >= 0.3 is 0 Å². The lowest BCUT2D eigenvalue weighted by Gasteiger charge is -2.00. The lowest BCUT2D eigenvalue weighted by molar-refractivity contribution is 0.0963. The first-order valence-corrected chi connectivity index (χ1v) is 6.12. The molecule has 0 atom stereocenters. The molecule has 6 heteroatoms. The van der Waals surface area contributed by atoms with Crippen LogP contribution in [-0.2, 0) is 13.5 Å². The minimum absolute atomic E-state index is 0.124. The predicted octanol–water partition coefficient (Wildman–Crippen LogP) is 3.16. The molecule has 0 radical (unpaired) electrons. The largest absolute Gasteiger partial charge is 0.446 e. The average molecular weight is 318 g/mol. The molecule has 0 aliphatic rings. The van der Waals surface area contributed by atoms with Crippen LogP contribution in [0.4, 0.5) is 0 Å². The van der Waals surface area contributed by atoms with E-state index in [9.17, 15) is 4.79 Å². The summed E-state index contributed by atoms with van der Waals surface area (Å²) in [6.45, 7) is 1.81. The maximum absolute atomic E-state index is 11.9. The molecule has 2 aromatic heterocycles. The van der Waals surface area contributed by atoms with Crippen LogP contribution in [0.25, 0.3) is 0 Å². The Labute approximate surface area is 112 Å². The summed E-state index contributed by atoms with van der Waals surface area (Å²) in [6, 6.07) is 3.31. The van der Waals surface area contributed by atoms with E-state index in [4.69, 9.17) is 16.0 Å². The summed E-state index contributed by atoms with van der Waals surface area (Å²) < 4.78 is 7.35. The van der Waals surface area contributed by atoms with Gasteiger partial charge in [-0.25, -0.2) is 0 Å². The number of aromatic nitrogens is 2. The molecule has 0 bridgehead atoms. The Hall–Kier alpha value is -1.07. The summed E-state index contributed by atoms with van der Waals surface area (Å²) in [5.74, 6) is 0.187. The van der Waals surface area contributed by atoms with Gasteiger partial charge < -0.3 is 4.42 Å². The second kappa shape index (κ2) is 4.66. The van der Waals surface area contributed by atoms with Crippen LogP contribution in [0.5, 0.6) is 0 Å². The molecule has 2 heterocycles. The smallest absolute Gasteiger partial charge is 0.204 e. The van der Waals surface area contributed by atoms with Gasteiger partial charge in [-0.1, -0.05) is 11.6 Å². The minimum Gasteiger partial charge on any atom is -0.446 e. The fourth-order valence-electron chi connectivity index (χ4n) is 1.58. The molecule has 0 aliphatic heterocycles. The highest BCUT2D eigenvalue weighted by Gasteiger charge is 2.18. The number of ketones is 1. The fraction of sp³-hybridized carbons (Fsp3) is 0.273. The first-order valence-electron chi connectivity index (χ1n) is 4.95. The number of nitrogens with zero attached hydrogens (tertiary/aromatic N) is 2. The molecule has 0 unspecified atom stereocenters. The monoisotopic (exact) mass is 316 g/mol. The van der Waals surface area contributed by atoms with E-state index in [1.54, 1.807) is 30.8 Å². The van der Waals surface area contributed by atoms with Gasteiger partial charge in [-0.05, 0) is 35.0 Å². The van der Waals surface area contributed by atoms with Gasteiger partial charge in [0.05, 0.1) is 22.8 Å². The van der Waals surface area contributed by atoms with E-state index < -0.39 is 0 Å². The lowest BCUT2D eigenvalue weighted by atomic mass is 10.2. The van der Waals surface area contributed by atoms with Gasteiger partial charge in [-0.15, -0.1) is 0 Å². The third-order valence-corrected chi connectivity index (χ3v) is 3.36. The van der Waals surface area contributed by atoms with Crippen LogP contribution < -0.4 is 0 Å². The lowest BCUT2D eigenvalue weighted by Crippen LogP contribution is -2.07. The minimum atomic E-state index is -0.124. The van der Waals surface area contributed by atoms with E-state index in [1.807, 2.05) is 0 Å². The molecule has 0 saturated carbocycles. The number of Topliss-reactive ketones (excluding diaryl/α,β-unsaturated/α-hetero) is 1. The maximum atomic E-state index is 11.9. The molecule has 0 aliphatic carbocycles. The Morgan fingerprint density at radius 3 is 2.76 bits per heavy atom. The number of carbonyl (C=O) groups is 1. The van der Waals surface area contributed by atoms with Crippen molar-refractivity contribution in [1.29, 1.82) is 0 Å². The Balaban J connectivity index is 2.24. The SMILES string of the molecule is Cc1nn(C)c(CC(=O)c2ccc(Br)o2)c1Cl. The van der Waals surface area contributed by atoms with E-state index in [0.717, 1.165) is 5.69 Å². The van der Waals surface area contributed by atoms with Crippen molar-refractivity contribution in [1.82, 2.24) is 9.78 Å². The summed E-state index contributed by atoms with van der Waals surface area (Å²) in [7, 11) is 1.76. The zero-order valence-electron chi connectivity index (χ0n) is 9.33. The van der Waals surface area contributed by atoms with E-state index in [-0.39, 0.29) is 12.2 Å². The molecular formula is C11H10BrClN2O2. The van der Waals surface area contributed by atoms with Crippen LogP contribution in [0.3, 0.4) is 0 Å². The van der Waals surface area contributed by atoms with Crippen molar-refractivity contribution in [2.24, 2.45) is 7.05 Å². The standard InChI is InChI=1S/C11H10BrClN2O2/c1-6-11(13)7(15(2)14-6)5-8(16)9-3-4-10(12)17-9/h3-4H,5H2,1-2H3. The van der Waals surface area contributed by atoms with E-state index in [1.165, 1.54) is 0 Å². The molecule has 17 heavy (non-hydrogen) atoms. The second-order valence-corrected chi connectivity index (χ2v) is 4.83. The van der Waals surface area contributed by atoms with Crippen molar-refractivity contribution in [3.05, 3.63) is 39.0 Å². The highest BCUT2D eigenvalue weighted by Crippen LogP contribution is 2.22. The van der Waals surface area contributed by atoms with Crippen molar-refractivity contribution in [3.8, 4) is 0 Å². The van der Waals surface area contributed by atoms with Crippen LogP contribution in [0, 0.1) is 6.92 Å². The average Bonchev–Trinajstić information content (AvgIpc) is 2.79. The molecule has 0 amide bonds. The van der Waals surface area contributed by atoms with Gasteiger partial charge in [-0.3, -0.25) is 9.48 Å². The zero-order chi connectivity index (χ0) is 12.6. The van der Waals surface area contributed by atoms with Gasteiger partial charge in [0.25, 0.3) is 0 Å². The zero-order valence-corrected chi connectivity index (χ0v) is 11.7. The number of hydrogen-bond acceptors (Lipinski definition) is 3. The fourth-order valence-corrected chi connectivity index (χ4v) is 2.11. The Morgan fingerprint density at radius 1 is 1.59 bits per heavy atom. The van der Waals surface area contributed by atoms with E-state index in [2.05, 4.69) is 21.0 Å². The van der Waals surface area contributed by atoms with Crippen LogP contribution in [0.15, 0.2) is 21.2 Å². The van der Waals surface area contributed by atoms with Crippen LogP contribution >= 0.6 is 27.5 Å². The number of hydrogen-bond donors (Lipinski definition) is 0. The highest BCUT2D eigenvalue weighted by atomic mass is 79.9. The Bertz CT molecular complexity index is 574. The molecule has 0 N–H and O–H groups in total. The third-order valence-electron chi connectivity index (χ3n) is 2.44. The van der Waals surface area contributed by atoms with Crippen molar-refractivity contribution >= 4 is 33.3 Å². The van der Waals surface area contributed by atoms with Crippen LogP contribution in [0.2, 0.25) is 5.02 Å². The molecule has 0 aromatic carbocycles. The molecule has 0 spiro atoms. The Kier molecular flexibility index (Phi) is 3.40. The van der Waals surface area contributed by atoms with Crippen LogP contribution in [0.1, 0.15) is 21.9 Å². The summed E-state index contributed by atoms with van der Waals surface area (Å²) in [4.78, 5) is 11.9. The van der Waals surface area contributed by atoms with Gasteiger partial charge in [-0.2, -0.15) is 5.10 Å². The van der Waals surface area contributed by atoms with Gasteiger partial charge in [0.15, 0.2) is 10.4 Å². The predicted molar refractivity (Wildman–Crippen MR) is 67.4 cm³/mol. The first-order chi connectivity index (χ1) is 7.99. The molecule has 2 rings (SSSR count). The third kappa shape index (κ3) is 2.45. The van der Waals surface area contributed by atoms with Crippen molar-refractivity contribution in [3.63, 3.8) is 0 Å². The molecule has 4 nitrogen and oxygen atoms in total. The number of aryl methyl sites for hydroxylation is 2. The second-order valence-electron chi connectivity index (χ2n) is 3.67. The van der Waals surface area contributed by atoms with Crippen molar-refractivity contribution in [2.45, 2.75) is 13.3 Å². The van der Waals surface area contributed by atoms with Crippen molar-refractivity contribution in [2.75, 3.05) is 0 Å². The quantitative estimate of drug-likeness (QED) is 0.817. The summed E-state index contributed by atoms with van der Waals surface area (Å²) in [5.41, 5.74) is 1.42. The van der Waals surface area contributed by atoms with Gasteiger partial charge in [0.1, 0.15) is 0 Å². The Morgan fingerprint density at radius 2 is 2.29 bits per heavy atom. The molecular weight excluding hydrogens is 307 g/mol. The highest BCUT2D eigenvalue weighted by molar-refractivity contribution is 9.10. The molecule has 0 fully saturated rings.